The van der Waals surface area contributed by atoms with E-state index in [4.69, 9.17) is 5.11 Å². The van der Waals surface area contributed by atoms with Crippen LogP contribution in [0.25, 0.3) is 0 Å². The van der Waals surface area contributed by atoms with Crippen LogP contribution in [0.15, 0.2) is 17.6 Å². The second-order valence-electron chi connectivity index (χ2n) is 3.73. The van der Waals surface area contributed by atoms with E-state index < -0.39 is 5.97 Å². The second-order valence-corrected chi connectivity index (χ2v) is 4.73. The summed E-state index contributed by atoms with van der Waals surface area (Å²) in [6.07, 6.45) is 1.79. The molecule has 90 valence electrons. The molecule has 0 unspecified atom stereocenters. The van der Waals surface area contributed by atoms with E-state index in [2.05, 4.69) is 15.5 Å². The number of aromatic amines is 1. The van der Waals surface area contributed by atoms with Crippen molar-refractivity contribution >= 4 is 17.3 Å². The molecule has 2 aromatic rings. The van der Waals surface area contributed by atoms with E-state index >= 15 is 0 Å². The first-order chi connectivity index (χ1) is 8.16. The van der Waals surface area contributed by atoms with Gasteiger partial charge in [0.2, 0.25) is 0 Å². The molecule has 2 aromatic heterocycles. The molecule has 0 bridgehead atoms. The number of nitrogens with zero attached hydrogens (tertiary/aromatic N) is 1. The van der Waals surface area contributed by atoms with E-state index in [1.165, 1.54) is 11.3 Å². The minimum absolute atomic E-state index is 0.353. The first-order valence-electron chi connectivity index (χ1n) is 5.17. The number of carboxylic acids is 1. The Kier molecular flexibility index (Phi) is 3.55. The summed E-state index contributed by atoms with van der Waals surface area (Å²) in [5.74, 6) is -0.877. The van der Waals surface area contributed by atoms with Crippen molar-refractivity contribution in [3.05, 3.63) is 39.3 Å². The second kappa shape index (κ2) is 5.11. The summed E-state index contributed by atoms with van der Waals surface area (Å²) in [7, 11) is 0. The number of hydrogen-bond donors (Lipinski definition) is 3. The van der Waals surface area contributed by atoms with Gasteiger partial charge in [-0.2, -0.15) is 5.10 Å². The highest BCUT2D eigenvalue weighted by molar-refractivity contribution is 7.10. The smallest absolute Gasteiger partial charge is 0.336 e. The molecule has 17 heavy (non-hydrogen) atoms. The van der Waals surface area contributed by atoms with Gasteiger partial charge in [-0.15, -0.1) is 11.3 Å². The van der Waals surface area contributed by atoms with E-state index in [1.54, 1.807) is 17.6 Å². The van der Waals surface area contributed by atoms with Crippen LogP contribution in [0.5, 0.6) is 0 Å². The average Bonchev–Trinajstić information content (AvgIpc) is 2.89. The molecule has 0 spiro atoms. The lowest BCUT2D eigenvalue weighted by molar-refractivity contribution is 0.0697. The predicted octanol–water partition coefficient (Wildman–Crippen LogP) is 1.77. The van der Waals surface area contributed by atoms with Gasteiger partial charge in [0.15, 0.2) is 0 Å². The van der Waals surface area contributed by atoms with Gasteiger partial charge in [0.05, 0.1) is 11.8 Å². The van der Waals surface area contributed by atoms with Crippen molar-refractivity contribution in [1.82, 2.24) is 15.5 Å². The highest BCUT2D eigenvalue weighted by atomic mass is 32.1. The highest BCUT2D eigenvalue weighted by Gasteiger charge is 2.06. The Labute approximate surface area is 102 Å². The maximum absolute atomic E-state index is 10.7. The highest BCUT2D eigenvalue weighted by Crippen LogP contribution is 2.14. The van der Waals surface area contributed by atoms with Crippen molar-refractivity contribution in [2.45, 2.75) is 20.0 Å². The molecule has 0 saturated heterocycles. The third-order valence-corrected chi connectivity index (χ3v) is 3.39. The van der Waals surface area contributed by atoms with Crippen LogP contribution in [0.3, 0.4) is 0 Å². The molecule has 2 rings (SSSR count). The molecule has 0 fully saturated rings. The van der Waals surface area contributed by atoms with Gasteiger partial charge in [0.25, 0.3) is 0 Å². The molecule has 3 N–H and O–H groups in total. The maximum Gasteiger partial charge on any atom is 0.336 e. The molecule has 0 aromatic carbocycles. The van der Waals surface area contributed by atoms with Crippen LogP contribution in [0.2, 0.25) is 0 Å². The Morgan fingerprint density at radius 2 is 2.41 bits per heavy atom. The largest absolute Gasteiger partial charge is 0.478 e. The third kappa shape index (κ3) is 2.92. The molecular formula is C11H13N3O2S. The van der Waals surface area contributed by atoms with Crippen molar-refractivity contribution < 1.29 is 9.90 Å². The van der Waals surface area contributed by atoms with E-state index in [1.807, 2.05) is 6.92 Å². The summed E-state index contributed by atoms with van der Waals surface area (Å²) < 4.78 is 0. The minimum atomic E-state index is -0.877. The van der Waals surface area contributed by atoms with Crippen molar-refractivity contribution in [2.24, 2.45) is 0 Å². The van der Waals surface area contributed by atoms with Crippen LogP contribution in [-0.4, -0.2) is 21.3 Å². The topological polar surface area (TPSA) is 78.0 Å². The quantitative estimate of drug-likeness (QED) is 0.756. The van der Waals surface area contributed by atoms with Crippen LogP contribution in [0, 0.1) is 6.92 Å². The summed E-state index contributed by atoms with van der Waals surface area (Å²) in [6, 6.07) is 1.70. The number of aromatic carboxylic acids is 1. The van der Waals surface area contributed by atoms with Gasteiger partial charge >= 0.3 is 5.97 Å². The first-order valence-corrected chi connectivity index (χ1v) is 6.05. The van der Waals surface area contributed by atoms with Crippen LogP contribution in [-0.2, 0) is 13.1 Å². The van der Waals surface area contributed by atoms with E-state index in [9.17, 15) is 4.79 Å². The molecule has 0 atom stereocenters. The number of hydrogen-bond acceptors (Lipinski definition) is 4. The zero-order chi connectivity index (χ0) is 12.3. The van der Waals surface area contributed by atoms with Gasteiger partial charge in [-0.1, -0.05) is 0 Å². The van der Waals surface area contributed by atoms with Crippen molar-refractivity contribution in [3.8, 4) is 0 Å². The molecule has 0 aliphatic heterocycles. The fraction of sp³-hybridized carbons (Fsp3) is 0.273. The summed E-state index contributed by atoms with van der Waals surface area (Å²) >= 11 is 1.45. The van der Waals surface area contributed by atoms with Crippen molar-refractivity contribution in [2.75, 3.05) is 0 Å². The van der Waals surface area contributed by atoms with E-state index in [-0.39, 0.29) is 0 Å². The fourth-order valence-electron chi connectivity index (χ4n) is 1.46. The number of thiophene rings is 1. The van der Waals surface area contributed by atoms with Crippen LogP contribution in [0.4, 0.5) is 0 Å². The van der Waals surface area contributed by atoms with Crippen molar-refractivity contribution in [3.63, 3.8) is 0 Å². The Hall–Kier alpha value is -1.66. The lowest BCUT2D eigenvalue weighted by Gasteiger charge is -2.01. The molecule has 5 nitrogen and oxygen atoms in total. The lowest BCUT2D eigenvalue weighted by Crippen LogP contribution is -2.12. The summed E-state index contributed by atoms with van der Waals surface area (Å²) in [4.78, 5) is 11.7. The average molecular weight is 251 g/mol. The monoisotopic (exact) mass is 251 g/mol. The number of H-pyrrole nitrogens is 1. The first kappa shape index (κ1) is 11.8. The lowest BCUT2D eigenvalue weighted by atomic mass is 10.2. The molecule has 0 amide bonds. The van der Waals surface area contributed by atoms with Gasteiger partial charge < -0.3 is 10.4 Å². The SMILES string of the molecule is Cc1[nH]ncc1CNCc1cc(C(=O)O)cs1. The summed E-state index contributed by atoms with van der Waals surface area (Å²) in [6.45, 7) is 3.36. The van der Waals surface area contributed by atoms with Gasteiger partial charge in [0.1, 0.15) is 0 Å². The van der Waals surface area contributed by atoms with Gasteiger partial charge in [-0.3, -0.25) is 5.10 Å². The zero-order valence-electron chi connectivity index (χ0n) is 9.36. The number of aromatic nitrogens is 2. The van der Waals surface area contributed by atoms with E-state index in [0.717, 1.165) is 22.7 Å². The standard InChI is InChI=1S/C11H13N3O2S/c1-7-9(4-13-14-7)3-12-5-10-2-8(6-17-10)11(15)16/h2,4,6,12H,3,5H2,1H3,(H,13,14)(H,15,16). The van der Waals surface area contributed by atoms with Gasteiger partial charge in [-0.05, 0) is 13.0 Å². The predicted molar refractivity (Wildman–Crippen MR) is 65.1 cm³/mol. The molecule has 0 saturated carbocycles. The summed E-state index contributed by atoms with van der Waals surface area (Å²) in [5.41, 5.74) is 2.53. The number of carboxylic acid groups (broad SMARTS) is 1. The summed E-state index contributed by atoms with van der Waals surface area (Å²) in [5, 5.41) is 20.5. The van der Waals surface area contributed by atoms with Gasteiger partial charge in [-0.25, -0.2) is 4.79 Å². The minimum Gasteiger partial charge on any atom is -0.478 e. The number of carbonyl (C=O) groups is 1. The zero-order valence-corrected chi connectivity index (χ0v) is 10.2. The molecule has 0 aliphatic carbocycles. The molecular weight excluding hydrogens is 238 g/mol. The van der Waals surface area contributed by atoms with Crippen LogP contribution >= 0.6 is 11.3 Å². The normalized spacial score (nSPS) is 10.6. The van der Waals surface area contributed by atoms with Crippen molar-refractivity contribution in [1.29, 1.82) is 0 Å². The Balaban J connectivity index is 1.86. The number of rotatable bonds is 5. The molecule has 0 aliphatic rings. The number of aryl methyl sites for hydroxylation is 1. The van der Waals surface area contributed by atoms with Gasteiger partial charge in [0, 0.05) is 34.6 Å². The van der Waals surface area contributed by atoms with Crippen LogP contribution in [0.1, 0.15) is 26.5 Å². The van der Waals surface area contributed by atoms with E-state index in [0.29, 0.717) is 12.1 Å². The maximum atomic E-state index is 10.7. The molecule has 6 heteroatoms. The Morgan fingerprint density at radius 3 is 3.00 bits per heavy atom. The molecule has 2 heterocycles. The van der Waals surface area contributed by atoms with Crippen LogP contribution < -0.4 is 5.32 Å². The fourth-order valence-corrected chi connectivity index (χ4v) is 2.29. The number of nitrogens with one attached hydrogen (secondary N) is 2. The third-order valence-electron chi connectivity index (χ3n) is 2.45. The Bertz CT molecular complexity index is 518. The molecule has 0 radical (unpaired) electrons. The Morgan fingerprint density at radius 1 is 1.59 bits per heavy atom.